The number of hydrogen-bond acceptors (Lipinski definition) is 5. The van der Waals surface area contributed by atoms with Crippen molar-refractivity contribution in [1.82, 2.24) is 14.5 Å². The predicted molar refractivity (Wildman–Crippen MR) is 102 cm³/mol. The molecule has 0 aromatic carbocycles. The van der Waals surface area contributed by atoms with Crippen LogP contribution in [0.5, 0.6) is 0 Å². The molecular formula is C16H28N4O3S2. The highest BCUT2D eigenvalue weighted by Crippen LogP contribution is 2.19. The molecule has 9 heteroatoms. The highest BCUT2D eigenvalue weighted by Gasteiger charge is 2.22. The van der Waals surface area contributed by atoms with Gasteiger partial charge >= 0.3 is 0 Å². The molecule has 1 fully saturated rings. The Morgan fingerprint density at radius 3 is 2.88 bits per heavy atom. The number of nitrogens with zero attached hydrogens (tertiary/aromatic N) is 3. The lowest BCUT2D eigenvalue weighted by Gasteiger charge is -2.24. The summed E-state index contributed by atoms with van der Waals surface area (Å²) in [5, 5.41) is 5.03. The second-order valence-electron chi connectivity index (χ2n) is 6.10. The number of guanidine groups is 1. The van der Waals surface area contributed by atoms with Gasteiger partial charge in [-0.1, -0.05) is 6.07 Å². The third-order valence-electron chi connectivity index (χ3n) is 4.09. The van der Waals surface area contributed by atoms with Crippen molar-refractivity contribution >= 4 is 27.3 Å². The maximum Gasteiger partial charge on any atom is 0.252 e. The van der Waals surface area contributed by atoms with Crippen LogP contribution in [0.25, 0.3) is 0 Å². The van der Waals surface area contributed by atoms with Gasteiger partial charge in [-0.05, 0) is 24.8 Å². The number of sulfonamides is 1. The van der Waals surface area contributed by atoms with Crippen molar-refractivity contribution < 1.29 is 13.2 Å². The first kappa shape index (κ1) is 20.2. The normalized spacial score (nSPS) is 18.7. The van der Waals surface area contributed by atoms with Crippen molar-refractivity contribution in [2.45, 2.75) is 17.6 Å². The maximum atomic E-state index is 12.4. The minimum atomic E-state index is -3.41. The molecule has 1 atom stereocenters. The number of rotatable bonds is 8. The topological polar surface area (TPSA) is 74.2 Å². The van der Waals surface area contributed by atoms with E-state index >= 15 is 0 Å². The summed E-state index contributed by atoms with van der Waals surface area (Å²) in [6.45, 7) is 6.06. The summed E-state index contributed by atoms with van der Waals surface area (Å²) in [7, 11) is 0.187. The van der Waals surface area contributed by atoms with Crippen LogP contribution in [-0.2, 0) is 14.8 Å². The van der Waals surface area contributed by atoms with Gasteiger partial charge in [0, 0.05) is 46.3 Å². The summed E-state index contributed by atoms with van der Waals surface area (Å²) in [5.74, 6) is 1.33. The Balaban J connectivity index is 1.91. The van der Waals surface area contributed by atoms with Crippen molar-refractivity contribution in [2.24, 2.45) is 10.9 Å². The fraction of sp³-hybridized carbons (Fsp3) is 0.688. The lowest BCUT2D eigenvalue weighted by atomic mass is 10.1. The Bertz CT molecular complexity index is 640. The monoisotopic (exact) mass is 388 g/mol. The second kappa shape index (κ2) is 9.51. The van der Waals surface area contributed by atoms with Gasteiger partial charge in [0.15, 0.2) is 5.96 Å². The Hall–Kier alpha value is -1.16. The van der Waals surface area contributed by atoms with Gasteiger partial charge in [0.1, 0.15) is 4.21 Å². The standard InChI is InChI=1S/C16H28N4O3S2/c1-4-17-16(19(2)12-14-7-10-23-13-14)18-8-9-20(3)25(21,22)15-6-5-11-24-15/h5-6,11,14H,4,7-10,12-13H2,1-3H3,(H,17,18). The first-order valence-electron chi connectivity index (χ1n) is 8.52. The van der Waals surface area contributed by atoms with Gasteiger partial charge in [0.25, 0.3) is 10.0 Å². The fourth-order valence-corrected chi connectivity index (χ4v) is 5.01. The van der Waals surface area contributed by atoms with E-state index in [1.165, 1.54) is 15.6 Å². The number of aliphatic imine (C=N–C) groups is 1. The number of hydrogen-bond donors (Lipinski definition) is 1. The maximum absolute atomic E-state index is 12.4. The summed E-state index contributed by atoms with van der Waals surface area (Å²) < 4.78 is 32.0. The van der Waals surface area contributed by atoms with Gasteiger partial charge in [-0.25, -0.2) is 8.42 Å². The van der Waals surface area contributed by atoms with Crippen LogP contribution in [0, 0.1) is 5.92 Å². The summed E-state index contributed by atoms with van der Waals surface area (Å²) in [4.78, 5) is 6.67. The van der Waals surface area contributed by atoms with Crippen LogP contribution in [0.3, 0.4) is 0 Å². The Morgan fingerprint density at radius 1 is 1.48 bits per heavy atom. The molecular weight excluding hydrogens is 360 g/mol. The van der Waals surface area contributed by atoms with Crippen molar-refractivity contribution in [3.63, 3.8) is 0 Å². The molecule has 0 spiro atoms. The minimum Gasteiger partial charge on any atom is -0.381 e. The SMILES string of the molecule is CCNC(=NCCN(C)S(=O)(=O)c1cccs1)N(C)CC1CCOC1. The molecule has 0 radical (unpaired) electrons. The second-order valence-corrected chi connectivity index (χ2v) is 9.32. The first-order chi connectivity index (χ1) is 11.9. The molecule has 0 bridgehead atoms. The summed E-state index contributed by atoms with van der Waals surface area (Å²) in [6.07, 6.45) is 1.07. The van der Waals surface area contributed by atoms with E-state index < -0.39 is 10.0 Å². The van der Waals surface area contributed by atoms with Crippen molar-refractivity contribution in [3.05, 3.63) is 17.5 Å². The van der Waals surface area contributed by atoms with Crippen molar-refractivity contribution in [1.29, 1.82) is 0 Å². The summed E-state index contributed by atoms with van der Waals surface area (Å²) >= 11 is 1.23. The van der Waals surface area contributed by atoms with Gasteiger partial charge in [0.05, 0.1) is 13.2 Å². The molecule has 1 saturated heterocycles. The van der Waals surface area contributed by atoms with Crippen LogP contribution in [0.1, 0.15) is 13.3 Å². The molecule has 0 aliphatic carbocycles. The van der Waals surface area contributed by atoms with E-state index in [-0.39, 0.29) is 0 Å². The molecule has 1 aromatic heterocycles. The van der Waals surface area contributed by atoms with E-state index in [2.05, 4.69) is 15.2 Å². The molecule has 1 aromatic rings. The summed E-state index contributed by atoms with van der Waals surface area (Å²) in [6, 6.07) is 3.37. The quantitative estimate of drug-likeness (QED) is 0.537. The lowest BCUT2D eigenvalue weighted by Crippen LogP contribution is -2.42. The highest BCUT2D eigenvalue weighted by atomic mass is 32.2. The molecule has 0 amide bonds. The number of likely N-dealkylation sites (N-methyl/N-ethyl adjacent to an activating group) is 1. The predicted octanol–water partition coefficient (Wildman–Crippen LogP) is 1.30. The number of nitrogens with one attached hydrogen (secondary N) is 1. The van der Waals surface area contributed by atoms with E-state index in [1.54, 1.807) is 24.6 Å². The molecule has 142 valence electrons. The Morgan fingerprint density at radius 2 is 2.28 bits per heavy atom. The van der Waals surface area contributed by atoms with E-state index in [0.717, 1.165) is 38.7 Å². The molecule has 2 heterocycles. The summed E-state index contributed by atoms with van der Waals surface area (Å²) in [5.41, 5.74) is 0. The lowest BCUT2D eigenvalue weighted by molar-refractivity contribution is 0.181. The van der Waals surface area contributed by atoms with Crippen LogP contribution in [0.2, 0.25) is 0 Å². The van der Waals surface area contributed by atoms with Crippen molar-refractivity contribution in [2.75, 3.05) is 53.5 Å². The zero-order valence-corrected chi connectivity index (χ0v) is 16.8. The van der Waals surface area contributed by atoms with Gasteiger partial charge in [0.2, 0.25) is 0 Å². The van der Waals surface area contributed by atoms with Gasteiger partial charge in [-0.2, -0.15) is 4.31 Å². The van der Waals surface area contributed by atoms with Crippen LogP contribution in [0.4, 0.5) is 0 Å². The third kappa shape index (κ3) is 5.67. The van der Waals surface area contributed by atoms with Crippen LogP contribution in [0.15, 0.2) is 26.7 Å². The zero-order chi connectivity index (χ0) is 18.3. The van der Waals surface area contributed by atoms with E-state index in [1.807, 2.05) is 14.0 Å². The number of thiophene rings is 1. The first-order valence-corrected chi connectivity index (χ1v) is 10.8. The van der Waals surface area contributed by atoms with Crippen LogP contribution >= 0.6 is 11.3 Å². The third-order valence-corrected chi connectivity index (χ3v) is 7.32. The van der Waals surface area contributed by atoms with Crippen LogP contribution in [-0.4, -0.2) is 77.1 Å². The molecule has 0 saturated carbocycles. The average molecular weight is 389 g/mol. The van der Waals surface area contributed by atoms with Crippen molar-refractivity contribution in [3.8, 4) is 0 Å². The van der Waals surface area contributed by atoms with Gasteiger partial charge < -0.3 is 15.0 Å². The van der Waals surface area contributed by atoms with Gasteiger partial charge in [-0.15, -0.1) is 11.3 Å². The molecule has 25 heavy (non-hydrogen) atoms. The minimum absolute atomic E-state index is 0.343. The van der Waals surface area contributed by atoms with Gasteiger partial charge in [-0.3, -0.25) is 4.99 Å². The Kier molecular flexibility index (Phi) is 7.67. The zero-order valence-electron chi connectivity index (χ0n) is 15.1. The fourth-order valence-electron chi connectivity index (χ4n) is 2.65. The highest BCUT2D eigenvalue weighted by molar-refractivity contribution is 7.91. The molecule has 1 unspecified atom stereocenters. The smallest absolute Gasteiger partial charge is 0.252 e. The van der Waals surface area contributed by atoms with Crippen LogP contribution < -0.4 is 5.32 Å². The molecule has 1 aliphatic rings. The number of ether oxygens (including phenoxy) is 1. The molecule has 7 nitrogen and oxygen atoms in total. The molecule has 1 N–H and O–H groups in total. The Labute approximate surface area is 154 Å². The largest absolute Gasteiger partial charge is 0.381 e. The average Bonchev–Trinajstić information content (AvgIpc) is 3.27. The van der Waals surface area contributed by atoms with E-state index in [9.17, 15) is 8.42 Å². The van der Waals surface area contributed by atoms with E-state index in [0.29, 0.717) is 23.2 Å². The van der Waals surface area contributed by atoms with E-state index in [4.69, 9.17) is 4.74 Å². The molecule has 2 rings (SSSR count). The molecule has 1 aliphatic heterocycles.